The molecule has 0 bridgehead atoms. The lowest BCUT2D eigenvalue weighted by molar-refractivity contribution is -0.117. The number of nitrogens with one attached hydrogen (secondary N) is 2. The molecule has 0 spiro atoms. The smallest absolute Gasteiger partial charge is 0.261 e. The third-order valence-corrected chi connectivity index (χ3v) is 5.75. The Labute approximate surface area is 202 Å². The molecule has 35 heavy (non-hydrogen) atoms. The Morgan fingerprint density at radius 2 is 1.91 bits per heavy atom. The lowest BCUT2D eigenvalue weighted by atomic mass is 10.1. The van der Waals surface area contributed by atoms with Crippen molar-refractivity contribution in [3.05, 3.63) is 95.2 Å². The lowest BCUT2D eigenvalue weighted by Crippen LogP contribution is -2.26. The van der Waals surface area contributed by atoms with Gasteiger partial charge in [0.1, 0.15) is 24.0 Å². The molecule has 0 aliphatic carbocycles. The summed E-state index contributed by atoms with van der Waals surface area (Å²) in [6, 6.07) is 23.0. The first-order chi connectivity index (χ1) is 17.2. The van der Waals surface area contributed by atoms with Crippen LogP contribution in [0.1, 0.15) is 16.7 Å². The van der Waals surface area contributed by atoms with Crippen molar-refractivity contribution in [3.8, 4) is 23.3 Å². The zero-order valence-electron chi connectivity index (χ0n) is 18.9. The van der Waals surface area contributed by atoms with Gasteiger partial charge in [-0.1, -0.05) is 36.4 Å². The Morgan fingerprint density at radius 1 is 1.09 bits per heavy atom. The van der Waals surface area contributed by atoms with E-state index in [2.05, 4.69) is 10.3 Å². The van der Waals surface area contributed by atoms with Crippen LogP contribution in [0.25, 0.3) is 17.0 Å². The molecule has 1 aliphatic heterocycles. The molecule has 4 aromatic rings. The summed E-state index contributed by atoms with van der Waals surface area (Å²) in [6.45, 7) is 1.06. The van der Waals surface area contributed by atoms with E-state index in [1.165, 1.54) is 0 Å². The molecule has 0 saturated carbocycles. The minimum Gasteiger partial charge on any atom is -0.489 e. The highest BCUT2D eigenvalue weighted by Crippen LogP contribution is 2.32. The number of fused-ring (bicyclic) bond motifs is 2. The largest absolute Gasteiger partial charge is 0.489 e. The third kappa shape index (κ3) is 5.12. The zero-order valence-corrected chi connectivity index (χ0v) is 18.9. The summed E-state index contributed by atoms with van der Waals surface area (Å²) in [5.41, 5.74) is 3.95. The van der Waals surface area contributed by atoms with Crippen molar-refractivity contribution in [2.75, 3.05) is 13.3 Å². The molecule has 7 heteroatoms. The highest BCUT2D eigenvalue weighted by molar-refractivity contribution is 6.01. The van der Waals surface area contributed by atoms with Gasteiger partial charge in [0.25, 0.3) is 5.91 Å². The number of nitriles is 1. The molecular weight excluding hydrogens is 442 g/mol. The normalized spacial score (nSPS) is 12.4. The topological polar surface area (TPSA) is 96.4 Å². The number of carbonyl (C=O) groups excluding carboxylic acids is 1. The van der Waals surface area contributed by atoms with E-state index in [0.29, 0.717) is 25.3 Å². The maximum Gasteiger partial charge on any atom is 0.261 e. The van der Waals surface area contributed by atoms with Crippen LogP contribution in [0.15, 0.2) is 78.5 Å². The van der Waals surface area contributed by atoms with E-state index in [9.17, 15) is 10.1 Å². The zero-order chi connectivity index (χ0) is 24.0. The van der Waals surface area contributed by atoms with Crippen LogP contribution in [0.2, 0.25) is 0 Å². The van der Waals surface area contributed by atoms with Crippen LogP contribution in [0, 0.1) is 11.3 Å². The van der Waals surface area contributed by atoms with E-state index in [4.69, 9.17) is 14.2 Å². The van der Waals surface area contributed by atoms with Gasteiger partial charge in [0.05, 0.1) is 0 Å². The maximum absolute atomic E-state index is 12.5. The highest BCUT2D eigenvalue weighted by atomic mass is 16.7. The van der Waals surface area contributed by atoms with Crippen LogP contribution in [-0.2, 0) is 17.8 Å². The van der Waals surface area contributed by atoms with Crippen molar-refractivity contribution in [3.63, 3.8) is 0 Å². The Hall–Kier alpha value is -4.70. The Kier molecular flexibility index (Phi) is 6.35. The number of benzene rings is 3. The molecule has 0 radical (unpaired) electrons. The molecule has 0 unspecified atom stereocenters. The van der Waals surface area contributed by atoms with Gasteiger partial charge in [0.2, 0.25) is 6.79 Å². The summed E-state index contributed by atoms with van der Waals surface area (Å²) in [7, 11) is 0. The molecular formula is C28H23N3O4. The van der Waals surface area contributed by atoms with Gasteiger partial charge in [-0.25, -0.2) is 0 Å². The summed E-state index contributed by atoms with van der Waals surface area (Å²) in [6.07, 6.45) is 4.19. The average Bonchev–Trinajstić information content (AvgIpc) is 3.53. The quantitative estimate of drug-likeness (QED) is 0.289. The van der Waals surface area contributed by atoms with Crippen LogP contribution in [0.3, 0.4) is 0 Å². The predicted octanol–water partition coefficient (Wildman–Crippen LogP) is 4.74. The number of nitrogens with zero attached hydrogens (tertiary/aromatic N) is 1. The fourth-order valence-corrected chi connectivity index (χ4v) is 3.92. The second-order valence-corrected chi connectivity index (χ2v) is 8.08. The minimum absolute atomic E-state index is 0.0537. The van der Waals surface area contributed by atoms with E-state index in [1.54, 1.807) is 6.08 Å². The fraction of sp³-hybridized carbons (Fsp3) is 0.143. The van der Waals surface area contributed by atoms with Crippen LogP contribution in [0.5, 0.6) is 17.2 Å². The fourth-order valence-electron chi connectivity index (χ4n) is 3.92. The Bertz CT molecular complexity index is 1430. The molecule has 0 saturated heterocycles. The SMILES string of the molecule is N#C/C(=C/c1ccc(OCc2ccc3c(c2)OCO3)cc1)C(=O)NCCc1c[nH]c2ccccc12. The number of carbonyl (C=O) groups is 1. The lowest BCUT2D eigenvalue weighted by Gasteiger charge is -2.08. The van der Waals surface area contributed by atoms with Gasteiger partial charge in [-0.15, -0.1) is 0 Å². The number of aromatic amines is 1. The summed E-state index contributed by atoms with van der Waals surface area (Å²) >= 11 is 0. The third-order valence-electron chi connectivity index (χ3n) is 5.75. The molecule has 2 heterocycles. The molecule has 5 rings (SSSR count). The number of H-pyrrole nitrogens is 1. The first kappa shape index (κ1) is 22.1. The van der Waals surface area contributed by atoms with E-state index >= 15 is 0 Å². The first-order valence-corrected chi connectivity index (χ1v) is 11.3. The predicted molar refractivity (Wildman–Crippen MR) is 132 cm³/mol. The van der Waals surface area contributed by atoms with E-state index in [1.807, 2.05) is 79.0 Å². The van der Waals surface area contributed by atoms with Gasteiger partial charge in [0, 0.05) is 23.6 Å². The van der Waals surface area contributed by atoms with Crippen molar-refractivity contribution >= 4 is 22.9 Å². The molecule has 0 fully saturated rings. The molecule has 1 amide bonds. The minimum atomic E-state index is -0.393. The molecule has 0 atom stereocenters. The molecule has 3 aromatic carbocycles. The van der Waals surface area contributed by atoms with E-state index in [0.717, 1.165) is 39.1 Å². The number of amides is 1. The van der Waals surface area contributed by atoms with E-state index < -0.39 is 5.91 Å². The number of rotatable bonds is 8. The van der Waals surface area contributed by atoms with Crippen LogP contribution in [0.4, 0.5) is 0 Å². The van der Waals surface area contributed by atoms with Crippen LogP contribution < -0.4 is 19.5 Å². The highest BCUT2D eigenvalue weighted by Gasteiger charge is 2.13. The van der Waals surface area contributed by atoms with Crippen molar-refractivity contribution in [2.24, 2.45) is 0 Å². The van der Waals surface area contributed by atoms with Crippen molar-refractivity contribution in [1.82, 2.24) is 10.3 Å². The van der Waals surface area contributed by atoms with E-state index in [-0.39, 0.29) is 12.4 Å². The van der Waals surface area contributed by atoms with Gasteiger partial charge in [-0.2, -0.15) is 5.26 Å². The monoisotopic (exact) mass is 465 g/mol. The number of hydrogen-bond acceptors (Lipinski definition) is 5. The number of hydrogen-bond donors (Lipinski definition) is 2. The van der Waals surface area contributed by atoms with Gasteiger partial charge >= 0.3 is 0 Å². The van der Waals surface area contributed by atoms with Gasteiger partial charge in [-0.3, -0.25) is 4.79 Å². The second-order valence-electron chi connectivity index (χ2n) is 8.08. The van der Waals surface area contributed by atoms with Gasteiger partial charge in [-0.05, 0) is 59.5 Å². The van der Waals surface area contributed by atoms with Crippen LogP contribution >= 0.6 is 0 Å². The standard InChI is InChI=1S/C28H23N3O4/c29-15-22(28(32)30-12-11-21-16-31-25-4-2-1-3-24(21)25)13-19-5-8-23(9-6-19)33-17-20-7-10-26-27(14-20)35-18-34-26/h1-10,13-14,16,31H,11-12,17-18H2,(H,30,32)/b22-13-. The molecule has 1 aliphatic rings. The van der Waals surface area contributed by atoms with Crippen molar-refractivity contribution in [1.29, 1.82) is 5.26 Å². The summed E-state index contributed by atoms with van der Waals surface area (Å²) in [5, 5.41) is 13.5. The average molecular weight is 466 g/mol. The van der Waals surface area contributed by atoms with Gasteiger partial charge in [0.15, 0.2) is 11.5 Å². The summed E-state index contributed by atoms with van der Waals surface area (Å²) in [5.74, 6) is 1.74. The molecule has 2 N–H and O–H groups in total. The van der Waals surface area contributed by atoms with Crippen molar-refractivity contribution in [2.45, 2.75) is 13.0 Å². The molecule has 7 nitrogen and oxygen atoms in total. The number of para-hydroxylation sites is 1. The van der Waals surface area contributed by atoms with Gasteiger partial charge < -0.3 is 24.5 Å². The number of aromatic nitrogens is 1. The number of ether oxygens (including phenoxy) is 3. The van der Waals surface area contributed by atoms with Crippen LogP contribution in [-0.4, -0.2) is 24.2 Å². The summed E-state index contributed by atoms with van der Waals surface area (Å²) in [4.78, 5) is 15.8. The Morgan fingerprint density at radius 3 is 2.77 bits per heavy atom. The van der Waals surface area contributed by atoms with Crippen molar-refractivity contribution < 1.29 is 19.0 Å². The second kappa shape index (κ2) is 10.1. The molecule has 174 valence electrons. The maximum atomic E-state index is 12.5. The summed E-state index contributed by atoms with van der Waals surface area (Å²) < 4.78 is 16.5. The first-order valence-electron chi connectivity index (χ1n) is 11.3. The molecule has 1 aromatic heterocycles. The Balaban J connectivity index is 1.15.